The summed E-state index contributed by atoms with van der Waals surface area (Å²) >= 11 is 6.04. The smallest absolute Gasteiger partial charge is 0.344 e. The van der Waals surface area contributed by atoms with Crippen molar-refractivity contribution in [2.24, 2.45) is 5.16 Å². The van der Waals surface area contributed by atoms with Crippen LogP contribution < -0.4 is 5.32 Å². The number of aliphatic carboxylic acids is 1. The first-order chi connectivity index (χ1) is 9.83. The van der Waals surface area contributed by atoms with E-state index in [4.69, 9.17) is 21.5 Å². The minimum atomic E-state index is -1.07. The number of oxime groups is 1. The third kappa shape index (κ3) is 6.60. The highest BCUT2D eigenvalue weighted by molar-refractivity contribution is 6.21. The van der Waals surface area contributed by atoms with E-state index in [-0.39, 0.29) is 11.6 Å². The van der Waals surface area contributed by atoms with Gasteiger partial charge in [0.1, 0.15) is 5.71 Å². The maximum Gasteiger partial charge on any atom is 0.344 e. The monoisotopic (exact) mass is 312 g/mol. The second-order valence-electron chi connectivity index (χ2n) is 5.61. The number of carboxylic acid groups (broad SMARTS) is 1. The second-order valence-corrected chi connectivity index (χ2v) is 5.92. The zero-order valence-electron chi connectivity index (χ0n) is 12.5. The molecule has 1 unspecified atom stereocenters. The number of alkyl halides is 1. The van der Waals surface area contributed by atoms with Crippen LogP contribution in [0.1, 0.15) is 26.3 Å². The lowest BCUT2D eigenvalue weighted by Crippen LogP contribution is -2.49. The van der Waals surface area contributed by atoms with Crippen molar-refractivity contribution in [3.8, 4) is 0 Å². The Hall–Kier alpha value is -1.59. The van der Waals surface area contributed by atoms with Crippen LogP contribution in [0.2, 0.25) is 0 Å². The molecular weight excluding hydrogens is 292 g/mol. The summed E-state index contributed by atoms with van der Waals surface area (Å²) in [5.41, 5.74) is 1.26. The van der Waals surface area contributed by atoms with Crippen LogP contribution in [0.5, 0.6) is 0 Å². The fourth-order valence-corrected chi connectivity index (χ4v) is 2.01. The average Bonchev–Trinajstić information content (AvgIpc) is 2.41. The number of benzene rings is 1. The number of carboxylic acids is 1. The first-order valence-electron chi connectivity index (χ1n) is 6.64. The molecule has 5 nitrogen and oxygen atoms in total. The Bertz CT molecular complexity index is 483. The normalized spacial score (nSPS) is 13.8. The van der Waals surface area contributed by atoms with Crippen LogP contribution in [-0.4, -0.2) is 40.9 Å². The van der Waals surface area contributed by atoms with E-state index in [0.717, 1.165) is 5.56 Å². The van der Waals surface area contributed by atoms with E-state index in [1.807, 2.05) is 51.1 Å². The fraction of sp³-hybridized carbons (Fsp3) is 0.467. The molecular formula is C15H21ClN2O3. The third-order valence-corrected chi connectivity index (χ3v) is 2.82. The molecule has 116 valence electrons. The summed E-state index contributed by atoms with van der Waals surface area (Å²) in [5, 5.41) is 16.0. The van der Waals surface area contributed by atoms with Gasteiger partial charge in [-0.25, -0.2) is 4.79 Å². The van der Waals surface area contributed by atoms with E-state index in [1.54, 1.807) is 0 Å². The van der Waals surface area contributed by atoms with Gasteiger partial charge in [-0.05, 0) is 20.8 Å². The molecule has 6 heteroatoms. The van der Waals surface area contributed by atoms with Gasteiger partial charge in [-0.1, -0.05) is 35.5 Å². The van der Waals surface area contributed by atoms with Crippen molar-refractivity contribution in [3.05, 3.63) is 35.9 Å². The van der Waals surface area contributed by atoms with E-state index in [1.165, 1.54) is 0 Å². The van der Waals surface area contributed by atoms with Crippen LogP contribution in [0.25, 0.3) is 0 Å². The van der Waals surface area contributed by atoms with Crippen molar-refractivity contribution in [2.75, 3.05) is 12.5 Å². The molecule has 0 amide bonds. The standard InChI is InChI=1S/C15H21ClN2O3/c1-15(2,3)17-12(9-16)14(18-21-10-13(19)20)11-7-5-4-6-8-11/h4-8,12,17H,9-10H2,1-3H3,(H,19,20). The van der Waals surface area contributed by atoms with Gasteiger partial charge in [0.2, 0.25) is 6.61 Å². The fourth-order valence-electron chi connectivity index (χ4n) is 1.79. The first kappa shape index (κ1) is 17.5. The van der Waals surface area contributed by atoms with Crippen molar-refractivity contribution in [2.45, 2.75) is 32.4 Å². The molecule has 0 aromatic heterocycles. The number of halogens is 1. The number of nitrogens with zero attached hydrogens (tertiary/aromatic N) is 1. The summed E-state index contributed by atoms with van der Waals surface area (Å²) in [6, 6.07) is 9.17. The summed E-state index contributed by atoms with van der Waals surface area (Å²) in [5.74, 6) is -0.779. The molecule has 0 bridgehead atoms. The maximum atomic E-state index is 10.5. The van der Waals surface area contributed by atoms with Crippen LogP contribution in [0.15, 0.2) is 35.5 Å². The summed E-state index contributed by atoms with van der Waals surface area (Å²) in [4.78, 5) is 15.4. The highest BCUT2D eigenvalue weighted by Crippen LogP contribution is 2.11. The van der Waals surface area contributed by atoms with Crippen molar-refractivity contribution in [1.82, 2.24) is 5.32 Å². The van der Waals surface area contributed by atoms with E-state index in [9.17, 15) is 4.79 Å². The van der Waals surface area contributed by atoms with Crippen molar-refractivity contribution in [3.63, 3.8) is 0 Å². The zero-order chi connectivity index (χ0) is 15.9. The molecule has 1 aromatic rings. The second kappa shape index (κ2) is 8.00. The molecule has 0 aliphatic carbocycles. The van der Waals surface area contributed by atoms with Gasteiger partial charge < -0.3 is 15.3 Å². The summed E-state index contributed by atoms with van der Waals surface area (Å²) in [7, 11) is 0. The Balaban J connectivity index is 3.02. The average molecular weight is 313 g/mol. The SMILES string of the molecule is CC(C)(C)NC(CCl)C(=NOCC(=O)O)c1ccccc1. The van der Waals surface area contributed by atoms with E-state index in [0.29, 0.717) is 11.6 Å². The number of nitrogens with one attached hydrogen (secondary N) is 1. The highest BCUT2D eigenvalue weighted by Gasteiger charge is 2.23. The lowest BCUT2D eigenvalue weighted by Gasteiger charge is -2.28. The minimum absolute atomic E-state index is 0.165. The molecule has 1 atom stereocenters. The van der Waals surface area contributed by atoms with Crippen LogP contribution in [-0.2, 0) is 9.63 Å². The Kier molecular flexibility index (Phi) is 6.65. The molecule has 0 aliphatic rings. The Morgan fingerprint density at radius 3 is 2.48 bits per heavy atom. The van der Waals surface area contributed by atoms with Gasteiger partial charge >= 0.3 is 5.97 Å². The number of hydrogen-bond acceptors (Lipinski definition) is 4. The molecule has 21 heavy (non-hydrogen) atoms. The Morgan fingerprint density at radius 1 is 1.38 bits per heavy atom. The lowest BCUT2D eigenvalue weighted by molar-refractivity contribution is -0.142. The maximum absolute atomic E-state index is 10.5. The van der Waals surface area contributed by atoms with E-state index in [2.05, 4.69) is 10.5 Å². The van der Waals surface area contributed by atoms with Gasteiger partial charge in [0.15, 0.2) is 0 Å². The van der Waals surface area contributed by atoms with Gasteiger partial charge in [-0.3, -0.25) is 0 Å². The number of hydrogen-bond donors (Lipinski definition) is 2. The largest absolute Gasteiger partial charge is 0.479 e. The van der Waals surface area contributed by atoms with Crippen molar-refractivity contribution < 1.29 is 14.7 Å². The number of rotatable bonds is 7. The van der Waals surface area contributed by atoms with Crippen molar-refractivity contribution in [1.29, 1.82) is 0 Å². The van der Waals surface area contributed by atoms with Crippen LogP contribution >= 0.6 is 11.6 Å². The third-order valence-electron chi connectivity index (χ3n) is 2.51. The molecule has 1 rings (SSSR count). The molecule has 0 saturated carbocycles. The predicted octanol–water partition coefficient (Wildman–Crippen LogP) is 2.49. The van der Waals surface area contributed by atoms with Crippen LogP contribution in [0.3, 0.4) is 0 Å². The molecule has 0 heterocycles. The van der Waals surface area contributed by atoms with Gasteiger partial charge in [-0.15, -0.1) is 11.6 Å². The summed E-state index contributed by atoms with van der Waals surface area (Å²) in [6.07, 6.45) is 0. The highest BCUT2D eigenvalue weighted by atomic mass is 35.5. The van der Waals surface area contributed by atoms with Crippen LogP contribution in [0.4, 0.5) is 0 Å². The van der Waals surface area contributed by atoms with Gasteiger partial charge in [0.25, 0.3) is 0 Å². The molecule has 0 radical (unpaired) electrons. The van der Waals surface area contributed by atoms with Crippen molar-refractivity contribution >= 4 is 23.3 Å². The first-order valence-corrected chi connectivity index (χ1v) is 7.17. The Labute approximate surface area is 129 Å². The molecule has 0 saturated heterocycles. The van der Waals surface area contributed by atoms with Gasteiger partial charge in [-0.2, -0.15) is 0 Å². The van der Waals surface area contributed by atoms with Gasteiger partial charge in [0, 0.05) is 17.0 Å². The molecule has 0 spiro atoms. The molecule has 2 N–H and O–H groups in total. The van der Waals surface area contributed by atoms with E-state index < -0.39 is 12.6 Å². The van der Waals surface area contributed by atoms with E-state index >= 15 is 0 Å². The van der Waals surface area contributed by atoms with Gasteiger partial charge in [0.05, 0.1) is 6.04 Å². The molecule has 1 aromatic carbocycles. The molecule has 0 aliphatic heterocycles. The molecule has 0 fully saturated rings. The quantitative estimate of drug-likeness (QED) is 0.461. The Morgan fingerprint density at radius 2 is 2.00 bits per heavy atom. The summed E-state index contributed by atoms with van der Waals surface area (Å²) in [6.45, 7) is 5.58. The predicted molar refractivity (Wildman–Crippen MR) is 84.0 cm³/mol. The lowest BCUT2D eigenvalue weighted by atomic mass is 10.0. The topological polar surface area (TPSA) is 70.9 Å². The zero-order valence-corrected chi connectivity index (χ0v) is 13.2. The minimum Gasteiger partial charge on any atom is -0.479 e. The van der Waals surface area contributed by atoms with Crippen LogP contribution in [0, 0.1) is 0 Å². The summed E-state index contributed by atoms with van der Waals surface area (Å²) < 4.78 is 0. The number of carbonyl (C=O) groups is 1.